The van der Waals surface area contributed by atoms with Crippen molar-refractivity contribution in [3.8, 4) is 0 Å². The lowest BCUT2D eigenvalue weighted by Gasteiger charge is -2.18. The Labute approximate surface area is 153 Å². The van der Waals surface area contributed by atoms with Crippen LogP contribution >= 0.6 is 0 Å². The first-order valence-corrected chi connectivity index (χ1v) is 8.65. The highest BCUT2D eigenvalue weighted by molar-refractivity contribution is 5.63. The van der Waals surface area contributed by atoms with Gasteiger partial charge in [0.05, 0.1) is 30.8 Å². The van der Waals surface area contributed by atoms with Gasteiger partial charge < -0.3 is 30.6 Å². The van der Waals surface area contributed by atoms with E-state index in [4.69, 9.17) is 5.11 Å². The molecular formula is C17H27N5O4. The summed E-state index contributed by atoms with van der Waals surface area (Å²) in [6.45, 7) is 2.39. The SMILES string of the molecule is CN1C=CN(CCCNc2ccc(C(CO)NCCO)cc2[N+](=O)[O-])C1. The first kappa shape index (κ1) is 20.0. The number of nitrogens with one attached hydrogen (secondary N) is 2. The average Bonchev–Trinajstić information content (AvgIpc) is 3.05. The van der Waals surface area contributed by atoms with E-state index in [2.05, 4.69) is 20.4 Å². The molecule has 1 atom stereocenters. The van der Waals surface area contributed by atoms with Gasteiger partial charge in [-0.3, -0.25) is 10.1 Å². The number of nitrogens with zero attached hydrogens (tertiary/aromatic N) is 3. The molecule has 0 bridgehead atoms. The molecule has 2 rings (SSSR count). The molecule has 1 heterocycles. The van der Waals surface area contributed by atoms with Crippen LogP contribution in [0.4, 0.5) is 11.4 Å². The fraction of sp³-hybridized carbons (Fsp3) is 0.529. The Morgan fingerprint density at radius 3 is 2.73 bits per heavy atom. The molecule has 1 aliphatic rings. The highest BCUT2D eigenvalue weighted by Gasteiger charge is 2.18. The number of benzene rings is 1. The summed E-state index contributed by atoms with van der Waals surface area (Å²) in [5.41, 5.74) is 1.06. The van der Waals surface area contributed by atoms with Crippen molar-refractivity contribution >= 4 is 11.4 Å². The third-order valence-electron chi connectivity index (χ3n) is 4.18. The smallest absolute Gasteiger partial charge is 0.292 e. The van der Waals surface area contributed by atoms with Crippen LogP contribution in [0.1, 0.15) is 18.0 Å². The van der Waals surface area contributed by atoms with Crippen LogP contribution in [0, 0.1) is 10.1 Å². The number of hydrogen-bond donors (Lipinski definition) is 4. The molecule has 0 fully saturated rings. The number of aliphatic hydroxyl groups is 2. The van der Waals surface area contributed by atoms with Crippen LogP contribution in [-0.4, -0.2) is 71.5 Å². The van der Waals surface area contributed by atoms with Crippen molar-refractivity contribution in [2.45, 2.75) is 12.5 Å². The van der Waals surface area contributed by atoms with E-state index in [0.29, 0.717) is 24.3 Å². The van der Waals surface area contributed by atoms with Gasteiger partial charge in [0.2, 0.25) is 0 Å². The van der Waals surface area contributed by atoms with Crippen LogP contribution in [-0.2, 0) is 0 Å². The van der Waals surface area contributed by atoms with Crippen LogP contribution in [0.5, 0.6) is 0 Å². The van der Waals surface area contributed by atoms with E-state index >= 15 is 0 Å². The fourth-order valence-electron chi connectivity index (χ4n) is 2.83. The molecule has 9 heteroatoms. The molecule has 0 aromatic heterocycles. The Balaban J connectivity index is 1.94. The fourth-order valence-corrected chi connectivity index (χ4v) is 2.83. The van der Waals surface area contributed by atoms with Crippen LogP contribution in [0.15, 0.2) is 30.6 Å². The van der Waals surface area contributed by atoms with Crippen molar-refractivity contribution in [3.05, 3.63) is 46.3 Å². The molecule has 26 heavy (non-hydrogen) atoms. The predicted molar refractivity (Wildman–Crippen MR) is 99.6 cm³/mol. The highest BCUT2D eigenvalue weighted by atomic mass is 16.6. The second-order valence-corrected chi connectivity index (χ2v) is 6.24. The molecule has 9 nitrogen and oxygen atoms in total. The molecule has 0 aliphatic carbocycles. The van der Waals surface area contributed by atoms with Gasteiger partial charge >= 0.3 is 0 Å². The van der Waals surface area contributed by atoms with Gasteiger partial charge in [-0.05, 0) is 18.1 Å². The summed E-state index contributed by atoms with van der Waals surface area (Å²) in [5, 5.41) is 35.8. The van der Waals surface area contributed by atoms with E-state index in [-0.39, 0.29) is 18.9 Å². The van der Waals surface area contributed by atoms with Crippen LogP contribution in [0.3, 0.4) is 0 Å². The van der Waals surface area contributed by atoms with Gasteiger partial charge in [-0.25, -0.2) is 0 Å². The summed E-state index contributed by atoms with van der Waals surface area (Å²) < 4.78 is 0. The van der Waals surface area contributed by atoms with Crippen molar-refractivity contribution in [1.29, 1.82) is 0 Å². The maximum atomic E-state index is 11.4. The molecule has 1 unspecified atom stereocenters. The predicted octanol–water partition coefficient (Wildman–Crippen LogP) is 0.688. The molecule has 0 amide bonds. The van der Waals surface area contributed by atoms with Gasteiger partial charge in [-0.2, -0.15) is 0 Å². The summed E-state index contributed by atoms with van der Waals surface area (Å²) in [6, 6.07) is 4.43. The summed E-state index contributed by atoms with van der Waals surface area (Å²) in [5.74, 6) is 0. The molecule has 0 spiro atoms. The van der Waals surface area contributed by atoms with Crippen LogP contribution in [0.2, 0.25) is 0 Å². The number of aliphatic hydroxyl groups excluding tert-OH is 2. The highest BCUT2D eigenvalue weighted by Crippen LogP contribution is 2.28. The van der Waals surface area contributed by atoms with Crippen molar-refractivity contribution in [1.82, 2.24) is 15.1 Å². The molecule has 0 saturated carbocycles. The molecule has 0 saturated heterocycles. The zero-order valence-electron chi connectivity index (χ0n) is 15.0. The maximum absolute atomic E-state index is 11.4. The maximum Gasteiger partial charge on any atom is 0.292 e. The lowest BCUT2D eigenvalue weighted by atomic mass is 10.1. The third-order valence-corrected chi connectivity index (χ3v) is 4.18. The van der Waals surface area contributed by atoms with Gasteiger partial charge in [0.25, 0.3) is 5.69 Å². The van der Waals surface area contributed by atoms with E-state index < -0.39 is 11.0 Å². The molecule has 4 N–H and O–H groups in total. The van der Waals surface area contributed by atoms with E-state index in [1.165, 1.54) is 6.07 Å². The lowest BCUT2D eigenvalue weighted by Crippen LogP contribution is -2.27. The number of anilines is 1. The molecule has 1 aromatic rings. The van der Waals surface area contributed by atoms with Crippen molar-refractivity contribution in [2.75, 3.05) is 51.9 Å². The van der Waals surface area contributed by atoms with Crippen molar-refractivity contribution < 1.29 is 15.1 Å². The summed E-state index contributed by atoms with van der Waals surface area (Å²) >= 11 is 0. The Kier molecular flexibility index (Phi) is 7.64. The normalized spacial score (nSPS) is 14.7. The largest absolute Gasteiger partial charge is 0.395 e. The summed E-state index contributed by atoms with van der Waals surface area (Å²) in [4.78, 5) is 15.2. The Bertz CT molecular complexity index is 625. The van der Waals surface area contributed by atoms with Crippen molar-refractivity contribution in [3.63, 3.8) is 0 Å². The minimum atomic E-state index is -0.450. The van der Waals surface area contributed by atoms with Crippen LogP contribution in [0.25, 0.3) is 0 Å². The lowest BCUT2D eigenvalue weighted by molar-refractivity contribution is -0.384. The number of nitro groups is 1. The van der Waals surface area contributed by atoms with Gasteiger partial charge in [0.15, 0.2) is 0 Å². The number of nitro benzene ring substituents is 1. The quantitative estimate of drug-likeness (QED) is 0.257. The van der Waals surface area contributed by atoms with Crippen LogP contribution < -0.4 is 10.6 Å². The molecular weight excluding hydrogens is 338 g/mol. The second kappa shape index (κ2) is 9.95. The van der Waals surface area contributed by atoms with Gasteiger partial charge in [-0.15, -0.1) is 0 Å². The monoisotopic (exact) mass is 365 g/mol. The van der Waals surface area contributed by atoms with E-state index in [1.54, 1.807) is 12.1 Å². The first-order chi connectivity index (χ1) is 12.5. The average molecular weight is 365 g/mol. The zero-order chi connectivity index (χ0) is 18.9. The van der Waals surface area contributed by atoms with E-state index in [0.717, 1.165) is 19.6 Å². The minimum absolute atomic E-state index is 0.0208. The summed E-state index contributed by atoms with van der Waals surface area (Å²) in [6.07, 6.45) is 4.90. The second-order valence-electron chi connectivity index (χ2n) is 6.24. The molecule has 1 aliphatic heterocycles. The van der Waals surface area contributed by atoms with E-state index in [1.807, 2.05) is 19.4 Å². The zero-order valence-corrected chi connectivity index (χ0v) is 15.0. The van der Waals surface area contributed by atoms with Gasteiger partial charge in [0.1, 0.15) is 5.69 Å². The Hall–Kier alpha value is -2.36. The number of hydrogen-bond acceptors (Lipinski definition) is 8. The Morgan fingerprint density at radius 2 is 2.12 bits per heavy atom. The Morgan fingerprint density at radius 1 is 1.31 bits per heavy atom. The van der Waals surface area contributed by atoms with Crippen molar-refractivity contribution in [2.24, 2.45) is 0 Å². The van der Waals surface area contributed by atoms with E-state index in [9.17, 15) is 15.2 Å². The molecule has 1 aromatic carbocycles. The van der Waals surface area contributed by atoms with Gasteiger partial charge in [-0.1, -0.05) is 6.07 Å². The standard InChI is InChI=1S/C17H27N5O4/c1-20-8-9-21(13-20)7-2-5-18-15-4-3-14(11-17(15)22(25)26)16(12-24)19-6-10-23/h3-4,8-9,11,16,18-19,23-24H,2,5-7,10,12-13H2,1H3. The minimum Gasteiger partial charge on any atom is -0.395 e. The molecule has 0 radical (unpaired) electrons. The summed E-state index contributed by atoms with van der Waals surface area (Å²) in [7, 11) is 2.01. The van der Waals surface area contributed by atoms with Gasteiger partial charge in [0, 0.05) is 45.1 Å². The topological polar surface area (TPSA) is 114 Å². The molecule has 144 valence electrons. The third kappa shape index (κ3) is 5.58. The number of rotatable bonds is 11. The first-order valence-electron chi connectivity index (χ1n) is 8.65.